The lowest BCUT2D eigenvalue weighted by molar-refractivity contribution is 0.0601. The van der Waals surface area contributed by atoms with E-state index in [0.717, 1.165) is 15.6 Å². The minimum absolute atomic E-state index is 0.328. The predicted octanol–water partition coefficient (Wildman–Crippen LogP) is 5.89. The standard InChI is InChI=1S/C18H14Cl2O2S/c1-10-14(7-11-3-5-13(19)9-16(11)20)15-8-12(18(21)22-2)4-6-17(15)23-10/h3-6,8-9H,7H2,1-2H3. The fourth-order valence-electron chi connectivity index (χ4n) is 2.59. The highest BCUT2D eigenvalue weighted by atomic mass is 35.5. The summed E-state index contributed by atoms with van der Waals surface area (Å²) in [6.07, 6.45) is 0.701. The van der Waals surface area contributed by atoms with Crippen molar-refractivity contribution in [2.45, 2.75) is 13.3 Å². The SMILES string of the molecule is COC(=O)c1ccc2sc(C)c(Cc3ccc(Cl)cc3Cl)c2c1. The summed E-state index contributed by atoms with van der Waals surface area (Å²) in [5, 5.41) is 2.35. The molecule has 0 aliphatic carbocycles. The summed E-state index contributed by atoms with van der Waals surface area (Å²) in [5.74, 6) is -0.328. The van der Waals surface area contributed by atoms with Crippen LogP contribution in [0.4, 0.5) is 0 Å². The molecule has 23 heavy (non-hydrogen) atoms. The molecule has 0 amide bonds. The molecule has 1 heterocycles. The second-order valence-electron chi connectivity index (χ2n) is 5.25. The molecule has 0 saturated heterocycles. The number of carbonyl (C=O) groups excluding carboxylic acids is 1. The van der Waals surface area contributed by atoms with Crippen molar-refractivity contribution in [3.63, 3.8) is 0 Å². The van der Waals surface area contributed by atoms with Crippen molar-refractivity contribution in [1.29, 1.82) is 0 Å². The summed E-state index contributed by atoms with van der Waals surface area (Å²) in [6, 6.07) is 11.2. The first-order valence-corrected chi connectivity index (χ1v) is 8.61. The van der Waals surface area contributed by atoms with Gasteiger partial charge >= 0.3 is 5.97 Å². The van der Waals surface area contributed by atoms with E-state index in [1.54, 1.807) is 23.5 Å². The summed E-state index contributed by atoms with van der Waals surface area (Å²) in [7, 11) is 1.39. The van der Waals surface area contributed by atoms with Crippen LogP contribution in [0, 0.1) is 6.92 Å². The monoisotopic (exact) mass is 364 g/mol. The van der Waals surface area contributed by atoms with Crippen LogP contribution in [0.15, 0.2) is 36.4 Å². The molecule has 0 saturated carbocycles. The molecule has 1 aromatic heterocycles. The maximum Gasteiger partial charge on any atom is 0.337 e. The van der Waals surface area contributed by atoms with Crippen LogP contribution in [0.1, 0.15) is 26.4 Å². The van der Waals surface area contributed by atoms with Gasteiger partial charge in [0.2, 0.25) is 0 Å². The lowest BCUT2D eigenvalue weighted by atomic mass is 10.0. The van der Waals surface area contributed by atoms with Gasteiger partial charge < -0.3 is 4.74 Å². The number of ether oxygens (including phenoxy) is 1. The molecule has 0 N–H and O–H groups in total. The number of aryl methyl sites for hydroxylation is 1. The second-order valence-corrected chi connectivity index (χ2v) is 7.35. The average Bonchev–Trinajstić information content (AvgIpc) is 2.84. The summed E-state index contributed by atoms with van der Waals surface area (Å²) >= 11 is 14.0. The average molecular weight is 365 g/mol. The molecule has 2 aromatic carbocycles. The number of halogens is 2. The number of benzene rings is 2. The van der Waals surface area contributed by atoms with Gasteiger partial charge in [-0.15, -0.1) is 11.3 Å². The van der Waals surface area contributed by atoms with E-state index in [2.05, 4.69) is 6.92 Å². The molecule has 118 valence electrons. The van der Waals surface area contributed by atoms with E-state index in [-0.39, 0.29) is 5.97 Å². The Labute approximate surface area is 148 Å². The molecule has 0 unspecified atom stereocenters. The first-order chi connectivity index (χ1) is 11.0. The number of esters is 1. The van der Waals surface area contributed by atoms with E-state index in [1.807, 2.05) is 24.3 Å². The summed E-state index contributed by atoms with van der Waals surface area (Å²) < 4.78 is 5.96. The molecule has 0 aliphatic rings. The van der Waals surface area contributed by atoms with Crippen LogP contribution < -0.4 is 0 Å². The highest BCUT2D eigenvalue weighted by Crippen LogP contribution is 2.34. The largest absolute Gasteiger partial charge is 0.465 e. The molecule has 3 aromatic rings. The molecule has 0 radical (unpaired) electrons. The van der Waals surface area contributed by atoms with Crippen molar-refractivity contribution in [2.75, 3.05) is 7.11 Å². The Hall–Kier alpha value is -1.55. The van der Waals surface area contributed by atoms with Crippen LogP contribution in [-0.2, 0) is 11.2 Å². The van der Waals surface area contributed by atoms with Gasteiger partial charge in [-0.25, -0.2) is 4.79 Å². The minimum atomic E-state index is -0.328. The maximum absolute atomic E-state index is 11.8. The van der Waals surface area contributed by atoms with Gasteiger partial charge in [0, 0.05) is 26.0 Å². The summed E-state index contributed by atoms with van der Waals surface area (Å²) in [5.41, 5.74) is 2.75. The Morgan fingerprint density at radius 1 is 1.17 bits per heavy atom. The molecular formula is C18H14Cl2O2S. The Morgan fingerprint density at radius 3 is 2.65 bits per heavy atom. The van der Waals surface area contributed by atoms with Crippen molar-refractivity contribution in [3.05, 3.63) is 68.0 Å². The lowest BCUT2D eigenvalue weighted by Gasteiger charge is -2.06. The van der Waals surface area contributed by atoms with Crippen LogP contribution in [0.3, 0.4) is 0 Å². The Morgan fingerprint density at radius 2 is 1.96 bits per heavy atom. The van der Waals surface area contributed by atoms with E-state index in [1.165, 1.54) is 17.6 Å². The molecule has 0 fully saturated rings. The molecule has 0 bridgehead atoms. The number of methoxy groups -OCH3 is 1. The highest BCUT2D eigenvalue weighted by molar-refractivity contribution is 7.19. The molecule has 0 spiro atoms. The number of rotatable bonds is 3. The summed E-state index contributed by atoms with van der Waals surface area (Å²) in [6.45, 7) is 2.08. The number of thiophene rings is 1. The van der Waals surface area contributed by atoms with Crippen molar-refractivity contribution >= 4 is 50.6 Å². The third-order valence-corrected chi connectivity index (χ3v) is 5.51. The van der Waals surface area contributed by atoms with Gasteiger partial charge in [-0.05, 0) is 53.8 Å². The highest BCUT2D eigenvalue weighted by Gasteiger charge is 2.14. The fourth-order valence-corrected chi connectivity index (χ4v) is 4.13. The third-order valence-electron chi connectivity index (χ3n) is 3.80. The van der Waals surface area contributed by atoms with Gasteiger partial charge in [-0.3, -0.25) is 0 Å². The zero-order valence-electron chi connectivity index (χ0n) is 12.7. The van der Waals surface area contributed by atoms with Gasteiger partial charge in [0.05, 0.1) is 12.7 Å². The third kappa shape index (κ3) is 3.23. The number of fused-ring (bicyclic) bond motifs is 1. The molecule has 5 heteroatoms. The van der Waals surface area contributed by atoms with Gasteiger partial charge in [-0.2, -0.15) is 0 Å². The molecule has 2 nitrogen and oxygen atoms in total. The van der Waals surface area contributed by atoms with Gasteiger partial charge in [-0.1, -0.05) is 29.3 Å². The molecule has 3 rings (SSSR count). The Balaban J connectivity index is 2.08. The van der Waals surface area contributed by atoms with Gasteiger partial charge in [0.25, 0.3) is 0 Å². The lowest BCUT2D eigenvalue weighted by Crippen LogP contribution is -2.00. The smallest absolute Gasteiger partial charge is 0.337 e. The van der Waals surface area contributed by atoms with Crippen LogP contribution in [0.25, 0.3) is 10.1 Å². The summed E-state index contributed by atoms with van der Waals surface area (Å²) in [4.78, 5) is 13.0. The molecule has 0 aliphatic heterocycles. The predicted molar refractivity (Wildman–Crippen MR) is 97.2 cm³/mol. The zero-order chi connectivity index (χ0) is 16.6. The molecular weight excluding hydrogens is 351 g/mol. The van der Waals surface area contributed by atoms with Crippen molar-refractivity contribution in [1.82, 2.24) is 0 Å². The second kappa shape index (κ2) is 6.52. The Bertz CT molecular complexity index is 899. The molecule has 0 atom stereocenters. The van der Waals surface area contributed by atoms with E-state index in [0.29, 0.717) is 22.0 Å². The van der Waals surface area contributed by atoms with E-state index in [4.69, 9.17) is 27.9 Å². The fraction of sp³-hybridized carbons (Fsp3) is 0.167. The van der Waals surface area contributed by atoms with Gasteiger partial charge in [0.15, 0.2) is 0 Å². The van der Waals surface area contributed by atoms with E-state index in [9.17, 15) is 4.79 Å². The van der Waals surface area contributed by atoms with Crippen LogP contribution in [0.5, 0.6) is 0 Å². The first-order valence-electron chi connectivity index (χ1n) is 7.04. The van der Waals surface area contributed by atoms with E-state index >= 15 is 0 Å². The van der Waals surface area contributed by atoms with Crippen molar-refractivity contribution in [3.8, 4) is 0 Å². The number of hydrogen-bond acceptors (Lipinski definition) is 3. The minimum Gasteiger partial charge on any atom is -0.465 e. The van der Waals surface area contributed by atoms with Gasteiger partial charge in [0.1, 0.15) is 0 Å². The quantitative estimate of drug-likeness (QED) is 0.541. The van der Waals surface area contributed by atoms with Crippen LogP contribution in [0.2, 0.25) is 10.0 Å². The zero-order valence-corrected chi connectivity index (χ0v) is 15.0. The normalized spacial score (nSPS) is 11.0. The van der Waals surface area contributed by atoms with Crippen LogP contribution in [-0.4, -0.2) is 13.1 Å². The topological polar surface area (TPSA) is 26.3 Å². The number of hydrogen-bond donors (Lipinski definition) is 0. The number of carbonyl (C=O) groups is 1. The van der Waals surface area contributed by atoms with Crippen molar-refractivity contribution in [2.24, 2.45) is 0 Å². The Kier molecular flexibility index (Phi) is 4.62. The van der Waals surface area contributed by atoms with Crippen molar-refractivity contribution < 1.29 is 9.53 Å². The van der Waals surface area contributed by atoms with E-state index < -0.39 is 0 Å². The first kappa shape index (κ1) is 16.3. The van der Waals surface area contributed by atoms with Crippen LogP contribution >= 0.6 is 34.5 Å². The maximum atomic E-state index is 11.8.